The number of nitrogens with zero attached hydrogens (tertiary/aromatic N) is 1. The fourth-order valence-electron chi connectivity index (χ4n) is 1.30. The molecule has 0 amide bonds. The minimum absolute atomic E-state index is 0.400. The van der Waals surface area contributed by atoms with Crippen molar-refractivity contribution < 1.29 is 9.48 Å². The van der Waals surface area contributed by atoms with Gasteiger partial charge < -0.3 is 9.94 Å². The highest BCUT2D eigenvalue weighted by atomic mass is 16.5. The van der Waals surface area contributed by atoms with Gasteiger partial charge in [0, 0.05) is 12.0 Å². The molecule has 0 heterocycles. The summed E-state index contributed by atoms with van der Waals surface area (Å²) in [5.41, 5.74) is 0.996. The number of hydroxylamine groups is 1. The van der Waals surface area contributed by atoms with Crippen LogP contribution in [0.15, 0.2) is 24.3 Å². The van der Waals surface area contributed by atoms with Gasteiger partial charge in [-0.2, -0.15) is 0 Å². The van der Waals surface area contributed by atoms with E-state index in [0.717, 1.165) is 22.5 Å². The maximum atomic E-state index is 11.5. The van der Waals surface area contributed by atoms with E-state index in [-0.39, 0.29) is 0 Å². The Kier molecular flexibility index (Phi) is 4.83. The number of methoxy groups -OCH3 is 1. The highest BCUT2D eigenvalue weighted by Gasteiger charge is 2.00. The zero-order valence-corrected chi connectivity index (χ0v) is 10.1. The molecule has 88 valence electrons. The Morgan fingerprint density at radius 3 is 2.44 bits per heavy atom. The highest BCUT2D eigenvalue weighted by molar-refractivity contribution is 5.51. The predicted molar refractivity (Wildman–Crippen MR) is 65.8 cm³/mol. The van der Waals surface area contributed by atoms with Gasteiger partial charge in [-0.25, -0.2) is 4.74 Å². The molecule has 0 spiro atoms. The molecule has 1 rings (SSSR count). The van der Waals surface area contributed by atoms with Gasteiger partial charge in [0.15, 0.2) is 12.8 Å². The zero-order valence-electron chi connectivity index (χ0n) is 10.1. The van der Waals surface area contributed by atoms with Crippen molar-refractivity contribution in [3.63, 3.8) is 0 Å². The molecule has 0 atom stereocenters. The quantitative estimate of drug-likeness (QED) is 0.332. The predicted octanol–water partition coefficient (Wildman–Crippen LogP) is 2.82. The molecule has 0 aliphatic heterocycles. The Morgan fingerprint density at radius 1 is 1.31 bits per heavy atom. The van der Waals surface area contributed by atoms with Gasteiger partial charge in [-0.15, -0.1) is 0 Å². The van der Waals surface area contributed by atoms with Crippen molar-refractivity contribution >= 4 is 6.21 Å². The molecular formula is C13H19NO2. The van der Waals surface area contributed by atoms with Gasteiger partial charge in [0.1, 0.15) is 5.75 Å². The van der Waals surface area contributed by atoms with Crippen molar-refractivity contribution in [2.24, 2.45) is 5.92 Å². The van der Waals surface area contributed by atoms with Crippen LogP contribution in [0, 0.1) is 11.1 Å². The van der Waals surface area contributed by atoms with Crippen LogP contribution in [0.25, 0.3) is 0 Å². The molecule has 0 N–H and O–H groups in total. The van der Waals surface area contributed by atoms with E-state index in [0.29, 0.717) is 12.5 Å². The van der Waals surface area contributed by atoms with Gasteiger partial charge in [-0.1, -0.05) is 13.8 Å². The van der Waals surface area contributed by atoms with Gasteiger partial charge in [0.05, 0.1) is 7.11 Å². The second-order valence-corrected chi connectivity index (χ2v) is 4.24. The van der Waals surface area contributed by atoms with Crippen molar-refractivity contribution in [3.05, 3.63) is 35.0 Å². The maximum absolute atomic E-state index is 11.5. The first kappa shape index (κ1) is 12.6. The first-order valence-corrected chi connectivity index (χ1v) is 5.52. The fourth-order valence-corrected chi connectivity index (χ4v) is 1.30. The molecule has 0 aliphatic rings. The molecule has 3 nitrogen and oxygen atoms in total. The lowest BCUT2D eigenvalue weighted by molar-refractivity contribution is -0.471. The summed E-state index contributed by atoms with van der Waals surface area (Å²) in [6, 6.07) is 7.55. The van der Waals surface area contributed by atoms with Gasteiger partial charge in [0.25, 0.3) is 0 Å². The van der Waals surface area contributed by atoms with Crippen molar-refractivity contribution in [3.8, 4) is 5.75 Å². The molecule has 0 saturated heterocycles. The maximum Gasteiger partial charge on any atom is 0.178 e. The number of benzene rings is 1. The number of hydrogen-bond donors (Lipinski definition) is 0. The molecule has 16 heavy (non-hydrogen) atoms. The molecular weight excluding hydrogens is 202 g/mol. The lowest BCUT2D eigenvalue weighted by Crippen LogP contribution is -2.06. The van der Waals surface area contributed by atoms with Crippen LogP contribution in [0.5, 0.6) is 5.75 Å². The number of rotatable bonds is 5. The molecule has 0 unspecified atom stereocenters. The average molecular weight is 221 g/mol. The van der Waals surface area contributed by atoms with E-state index in [1.165, 1.54) is 0 Å². The molecule has 0 fully saturated rings. The molecule has 0 bridgehead atoms. The van der Waals surface area contributed by atoms with Crippen LogP contribution in [0.3, 0.4) is 0 Å². The Bertz CT molecular complexity index is 341. The van der Waals surface area contributed by atoms with Gasteiger partial charge >= 0.3 is 0 Å². The Balaban J connectivity index is 2.55. The minimum Gasteiger partial charge on any atom is -0.624 e. The minimum atomic E-state index is 0.400. The molecule has 0 saturated carbocycles. The molecule has 0 radical (unpaired) electrons. The number of hydrogen-bond acceptors (Lipinski definition) is 2. The van der Waals surface area contributed by atoms with Crippen LogP contribution in [-0.4, -0.2) is 18.1 Å². The van der Waals surface area contributed by atoms with Gasteiger partial charge in [0.2, 0.25) is 0 Å². The van der Waals surface area contributed by atoms with Gasteiger partial charge in [-0.05, 0) is 30.2 Å². The molecule has 3 heteroatoms. The fraction of sp³-hybridized carbons (Fsp3) is 0.462. The average Bonchev–Trinajstić information content (AvgIpc) is 2.27. The standard InChI is InChI=1S/C13H19NO2/c1-11(2)8-9-14(15)10-12-4-6-13(16-3)7-5-12/h4-7,9,11H,8,10H2,1-3H3/b14-9-. The Morgan fingerprint density at radius 2 is 1.94 bits per heavy atom. The lowest BCUT2D eigenvalue weighted by Gasteiger charge is -2.06. The molecule has 1 aromatic rings. The van der Waals surface area contributed by atoms with E-state index < -0.39 is 0 Å². The van der Waals surface area contributed by atoms with Crippen LogP contribution >= 0.6 is 0 Å². The van der Waals surface area contributed by atoms with E-state index in [4.69, 9.17) is 4.74 Å². The summed E-state index contributed by atoms with van der Waals surface area (Å²) in [6.45, 7) is 4.59. The smallest absolute Gasteiger partial charge is 0.178 e. The van der Waals surface area contributed by atoms with Crippen LogP contribution in [0.1, 0.15) is 25.8 Å². The van der Waals surface area contributed by atoms with E-state index in [1.807, 2.05) is 24.3 Å². The molecule has 0 aliphatic carbocycles. The van der Waals surface area contributed by atoms with Crippen molar-refractivity contribution in [1.82, 2.24) is 0 Å². The summed E-state index contributed by atoms with van der Waals surface area (Å²) in [4.78, 5) is 0. The van der Waals surface area contributed by atoms with Crippen LogP contribution < -0.4 is 4.74 Å². The van der Waals surface area contributed by atoms with E-state index in [9.17, 15) is 5.21 Å². The zero-order chi connectivity index (χ0) is 12.0. The Labute approximate surface area is 97.0 Å². The summed E-state index contributed by atoms with van der Waals surface area (Å²) in [5, 5.41) is 11.5. The van der Waals surface area contributed by atoms with Crippen molar-refractivity contribution in [2.45, 2.75) is 26.8 Å². The third-order valence-electron chi connectivity index (χ3n) is 2.28. The van der Waals surface area contributed by atoms with Crippen molar-refractivity contribution in [2.75, 3.05) is 7.11 Å². The van der Waals surface area contributed by atoms with E-state index in [1.54, 1.807) is 13.3 Å². The molecule has 1 aromatic carbocycles. The second-order valence-electron chi connectivity index (χ2n) is 4.24. The summed E-state index contributed by atoms with van der Waals surface area (Å²) in [7, 11) is 1.63. The van der Waals surface area contributed by atoms with Crippen molar-refractivity contribution in [1.29, 1.82) is 0 Å². The summed E-state index contributed by atoms with van der Waals surface area (Å²) in [5.74, 6) is 1.33. The van der Waals surface area contributed by atoms with Crippen LogP contribution in [0.4, 0.5) is 0 Å². The number of ether oxygens (including phenoxy) is 1. The summed E-state index contributed by atoms with van der Waals surface area (Å²) < 4.78 is 6.04. The topological polar surface area (TPSA) is 35.3 Å². The monoisotopic (exact) mass is 221 g/mol. The third kappa shape index (κ3) is 4.34. The third-order valence-corrected chi connectivity index (χ3v) is 2.28. The first-order chi connectivity index (χ1) is 7.61. The van der Waals surface area contributed by atoms with E-state index in [2.05, 4.69) is 13.8 Å². The highest BCUT2D eigenvalue weighted by Crippen LogP contribution is 2.11. The molecule has 0 aromatic heterocycles. The van der Waals surface area contributed by atoms with Gasteiger partial charge in [-0.3, -0.25) is 0 Å². The van der Waals surface area contributed by atoms with Crippen LogP contribution in [-0.2, 0) is 6.54 Å². The lowest BCUT2D eigenvalue weighted by atomic mass is 10.1. The SMILES string of the molecule is COc1ccc(C/[N+]([O-])=C/CC(C)C)cc1. The largest absolute Gasteiger partial charge is 0.624 e. The normalized spacial score (nSPS) is 11.9. The van der Waals surface area contributed by atoms with Crippen LogP contribution in [0.2, 0.25) is 0 Å². The van der Waals surface area contributed by atoms with E-state index >= 15 is 0 Å². The first-order valence-electron chi connectivity index (χ1n) is 5.52. The summed E-state index contributed by atoms with van der Waals surface area (Å²) in [6.07, 6.45) is 2.52. The second kappa shape index (κ2) is 6.16. The summed E-state index contributed by atoms with van der Waals surface area (Å²) >= 11 is 0. The Hall–Kier alpha value is -1.51.